The van der Waals surface area contributed by atoms with Gasteiger partial charge in [-0.05, 0) is 18.6 Å². The normalized spacial score (nSPS) is 10.1. The number of nitrogens with two attached hydrogens (primary N) is 1. The first-order valence-corrected chi connectivity index (χ1v) is 3.42. The molecule has 1 aromatic rings. The monoisotopic (exact) mass is 187 g/mol. The van der Waals surface area contributed by atoms with Gasteiger partial charge in [0.2, 0.25) is 0 Å². The zero-order valence-electron chi connectivity index (χ0n) is 6.77. The molecule has 1 rings (SSSR count). The van der Waals surface area contributed by atoms with Gasteiger partial charge < -0.3 is 10.8 Å². The Bertz CT molecular complexity index is 377. The van der Waals surface area contributed by atoms with Gasteiger partial charge in [0.05, 0.1) is 5.69 Å². The largest absolute Gasteiger partial charge is 0.478 e. The molecule has 13 heavy (non-hydrogen) atoms. The van der Waals surface area contributed by atoms with Crippen molar-refractivity contribution in [3.8, 4) is 0 Å². The summed E-state index contributed by atoms with van der Waals surface area (Å²) in [5.74, 6) is -4.23. The quantitative estimate of drug-likeness (QED) is 0.655. The Labute approximate surface area is 72.8 Å². The van der Waals surface area contributed by atoms with Crippen LogP contribution in [0.1, 0.15) is 15.9 Å². The highest BCUT2D eigenvalue weighted by Gasteiger charge is 2.19. The zero-order chi connectivity index (χ0) is 10.2. The number of hydrogen-bond acceptors (Lipinski definition) is 2. The van der Waals surface area contributed by atoms with Gasteiger partial charge in [-0.25, -0.2) is 13.6 Å². The minimum atomic E-state index is -1.51. The van der Waals surface area contributed by atoms with Crippen molar-refractivity contribution >= 4 is 11.7 Å². The lowest BCUT2D eigenvalue weighted by Crippen LogP contribution is -2.08. The number of aryl methyl sites for hydroxylation is 1. The summed E-state index contributed by atoms with van der Waals surface area (Å²) in [5.41, 5.74) is 4.12. The molecule has 0 aliphatic carbocycles. The van der Waals surface area contributed by atoms with Crippen LogP contribution in [-0.2, 0) is 0 Å². The molecule has 0 saturated heterocycles. The van der Waals surface area contributed by atoms with E-state index in [1.54, 1.807) is 0 Å². The van der Waals surface area contributed by atoms with Gasteiger partial charge in [0, 0.05) is 0 Å². The van der Waals surface area contributed by atoms with Crippen molar-refractivity contribution in [1.29, 1.82) is 0 Å². The van der Waals surface area contributed by atoms with Crippen LogP contribution in [0.4, 0.5) is 14.5 Å². The molecule has 0 heterocycles. The molecular weight excluding hydrogens is 180 g/mol. The smallest absolute Gasteiger partial charge is 0.339 e. The summed E-state index contributed by atoms with van der Waals surface area (Å²) in [6.45, 7) is 1.35. The number of rotatable bonds is 1. The zero-order valence-corrected chi connectivity index (χ0v) is 6.77. The van der Waals surface area contributed by atoms with Crippen molar-refractivity contribution in [2.45, 2.75) is 6.92 Å². The summed E-state index contributed by atoms with van der Waals surface area (Å²) in [6, 6.07) is 1.09. The average Bonchev–Trinajstić information content (AvgIpc) is 1.99. The van der Waals surface area contributed by atoms with Gasteiger partial charge in [0.1, 0.15) is 5.56 Å². The van der Waals surface area contributed by atoms with Gasteiger partial charge in [-0.15, -0.1) is 0 Å². The highest BCUT2D eigenvalue weighted by atomic mass is 19.2. The first-order chi connectivity index (χ1) is 5.95. The highest BCUT2D eigenvalue weighted by molar-refractivity contribution is 5.90. The maximum Gasteiger partial charge on any atom is 0.339 e. The Balaban J connectivity index is 3.53. The number of carboxylic acid groups (broad SMARTS) is 1. The SMILES string of the molecule is Cc1cc(N)c(F)c(F)c1C(=O)O. The van der Waals surface area contributed by atoms with E-state index in [9.17, 15) is 13.6 Å². The van der Waals surface area contributed by atoms with E-state index < -0.39 is 23.2 Å². The van der Waals surface area contributed by atoms with Crippen molar-refractivity contribution in [3.63, 3.8) is 0 Å². The maximum absolute atomic E-state index is 12.9. The predicted octanol–water partition coefficient (Wildman–Crippen LogP) is 1.55. The first kappa shape index (κ1) is 9.44. The van der Waals surface area contributed by atoms with Crippen molar-refractivity contribution in [1.82, 2.24) is 0 Å². The molecule has 0 amide bonds. The molecule has 0 spiro atoms. The molecule has 0 aliphatic rings. The van der Waals surface area contributed by atoms with E-state index >= 15 is 0 Å². The second-order valence-electron chi connectivity index (χ2n) is 2.59. The summed E-state index contributed by atoms with van der Waals surface area (Å²) in [7, 11) is 0. The van der Waals surface area contributed by atoms with Gasteiger partial charge >= 0.3 is 5.97 Å². The number of hydrogen-bond donors (Lipinski definition) is 2. The van der Waals surface area contributed by atoms with Crippen LogP contribution < -0.4 is 5.73 Å². The van der Waals surface area contributed by atoms with Gasteiger partial charge in [-0.1, -0.05) is 0 Å². The van der Waals surface area contributed by atoms with E-state index in [2.05, 4.69) is 0 Å². The van der Waals surface area contributed by atoms with Crippen LogP contribution in [0.2, 0.25) is 0 Å². The molecule has 3 nitrogen and oxygen atoms in total. The van der Waals surface area contributed by atoms with Crippen molar-refractivity contribution < 1.29 is 18.7 Å². The van der Waals surface area contributed by atoms with Crippen LogP contribution >= 0.6 is 0 Å². The average molecular weight is 187 g/mol. The van der Waals surface area contributed by atoms with Crippen molar-refractivity contribution in [2.75, 3.05) is 5.73 Å². The fourth-order valence-electron chi connectivity index (χ4n) is 1.04. The van der Waals surface area contributed by atoms with Crippen LogP contribution in [0.25, 0.3) is 0 Å². The number of anilines is 1. The van der Waals surface area contributed by atoms with E-state index in [4.69, 9.17) is 10.8 Å². The van der Waals surface area contributed by atoms with Crippen LogP contribution in [0, 0.1) is 18.6 Å². The number of aromatic carboxylic acids is 1. The van der Waals surface area contributed by atoms with Crippen molar-refractivity contribution in [2.24, 2.45) is 0 Å². The molecule has 5 heteroatoms. The molecule has 0 radical (unpaired) electrons. The Hall–Kier alpha value is -1.65. The molecule has 0 bridgehead atoms. The molecule has 1 aromatic carbocycles. The minimum absolute atomic E-state index is 0.101. The van der Waals surface area contributed by atoms with Crippen LogP contribution in [0.5, 0.6) is 0 Å². The van der Waals surface area contributed by atoms with Gasteiger partial charge in [0.25, 0.3) is 0 Å². The molecule has 0 atom stereocenters. The van der Waals surface area contributed by atoms with Gasteiger partial charge in [-0.2, -0.15) is 0 Å². The van der Waals surface area contributed by atoms with Crippen molar-refractivity contribution in [3.05, 3.63) is 28.8 Å². The number of benzene rings is 1. The molecule has 3 N–H and O–H groups in total. The lowest BCUT2D eigenvalue weighted by atomic mass is 10.1. The molecule has 0 fully saturated rings. The molecule has 0 unspecified atom stereocenters. The van der Waals surface area contributed by atoms with Gasteiger partial charge in [0.15, 0.2) is 11.6 Å². The topological polar surface area (TPSA) is 63.3 Å². The second kappa shape index (κ2) is 3.01. The third kappa shape index (κ3) is 1.44. The predicted molar refractivity (Wildman–Crippen MR) is 42.5 cm³/mol. The number of carbonyl (C=O) groups is 1. The van der Waals surface area contributed by atoms with Crippen LogP contribution in [0.15, 0.2) is 6.07 Å². The Morgan fingerprint density at radius 1 is 1.46 bits per heavy atom. The molecule has 0 aliphatic heterocycles. The maximum atomic E-state index is 12.9. The third-order valence-electron chi connectivity index (χ3n) is 1.65. The van der Waals surface area contributed by atoms with E-state index in [0.717, 1.165) is 6.07 Å². The van der Waals surface area contributed by atoms with Crippen LogP contribution in [0.3, 0.4) is 0 Å². The highest BCUT2D eigenvalue weighted by Crippen LogP contribution is 2.21. The number of carboxylic acids is 1. The lowest BCUT2D eigenvalue weighted by molar-refractivity contribution is 0.0690. The number of halogens is 2. The lowest BCUT2D eigenvalue weighted by Gasteiger charge is -2.05. The van der Waals surface area contributed by atoms with E-state index in [1.807, 2.05) is 0 Å². The second-order valence-corrected chi connectivity index (χ2v) is 2.59. The Kier molecular flexibility index (Phi) is 2.18. The molecular formula is C8H7F2NO2. The summed E-state index contributed by atoms with van der Waals surface area (Å²) in [6.07, 6.45) is 0. The number of nitrogen functional groups attached to an aromatic ring is 1. The van der Waals surface area contributed by atoms with Gasteiger partial charge in [-0.3, -0.25) is 0 Å². The fourth-order valence-corrected chi connectivity index (χ4v) is 1.04. The fraction of sp³-hybridized carbons (Fsp3) is 0.125. The summed E-state index contributed by atoms with van der Waals surface area (Å²) < 4.78 is 25.7. The van der Waals surface area contributed by atoms with Crippen LogP contribution in [-0.4, -0.2) is 11.1 Å². The van der Waals surface area contributed by atoms with E-state index in [-0.39, 0.29) is 11.3 Å². The Morgan fingerprint density at radius 2 is 2.00 bits per heavy atom. The molecule has 0 saturated carbocycles. The Morgan fingerprint density at radius 3 is 2.46 bits per heavy atom. The minimum Gasteiger partial charge on any atom is -0.478 e. The summed E-state index contributed by atoms with van der Waals surface area (Å²) in [4.78, 5) is 10.5. The third-order valence-corrected chi connectivity index (χ3v) is 1.65. The molecule has 0 aromatic heterocycles. The summed E-state index contributed by atoms with van der Waals surface area (Å²) >= 11 is 0. The summed E-state index contributed by atoms with van der Waals surface area (Å²) in [5, 5.41) is 8.51. The van der Waals surface area contributed by atoms with E-state index in [0.29, 0.717) is 0 Å². The standard InChI is InChI=1S/C8H7F2NO2/c1-3-2-4(11)6(9)7(10)5(3)8(12)13/h2H,11H2,1H3,(H,12,13). The first-order valence-electron chi connectivity index (χ1n) is 3.42. The van der Waals surface area contributed by atoms with E-state index in [1.165, 1.54) is 6.92 Å². The molecule has 70 valence electrons.